The average Bonchev–Trinajstić information content (AvgIpc) is 2.93. The monoisotopic (exact) mass is 275 g/mol. The summed E-state index contributed by atoms with van der Waals surface area (Å²) in [7, 11) is 4.56. The Hall–Kier alpha value is -1.92. The van der Waals surface area contributed by atoms with Gasteiger partial charge in [0, 0.05) is 25.5 Å². The molecule has 0 spiro atoms. The Morgan fingerprint density at radius 1 is 1.15 bits per heavy atom. The van der Waals surface area contributed by atoms with Crippen molar-refractivity contribution in [2.24, 2.45) is 0 Å². The molecule has 0 atom stereocenters. The van der Waals surface area contributed by atoms with Gasteiger partial charge in [0.25, 0.3) is 0 Å². The highest BCUT2D eigenvalue weighted by atomic mass is 15.3. The second-order valence-corrected chi connectivity index (χ2v) is 5.54. The van der Waals surface area contributed by atoms with Gasteiger partial charge < -0.3 is 15.5 Å². The minimum absolute atomic E-state index is 0.654. The zero-order valence-electron chi connectivity index (χ0n) is 12.1. The van der Waals surface area contributed by atoms with Crippen molar-refractivity contribution < 1.29 is 4.48 Å². The van der Waals surface area contributed by atoms with E-state index in [1.54, 1.807) is 18.5 Å². The molecule has 0 saturated carbocycles. The Bertz CT molecular complexity index is 512. The van der Waals surface area contributed by atoms with Gasteiger partial charge in [0.05, 0.1) is 38.6 Å². The van der Waals surface area contributed by atoms with Crippen molar-refractivity contribution in [3.63, 3.8) is 0 Å². The van der Waals surface area contributed by atoms with E-state index >= 15 is 0 Å². The lowest BCUT2D eigenvalue weighted by molar-refractivity contribution is -0.891. The van der Waals surface area contributed by atoms with E-state index in [1.807, 2.05) is 12.1 Å². The number of nitrogens with zero attached hydrogens (tertiary/aromatic N) is 3. The Balaban J connectivity index is 0.000000160. The van der Waals surface area contributed by atoms with Crippen molar-refractivity contribution in [2.45, 2.75) is 0 Å². The van der Waals surface area contributed by atoms with E-state index in [4.69, 9.17) is 5.73 Å². The van der Waals surface area contributed by atoms with Crippen molar-refractivity contribution >= 4 is 5.69 Å². The molecule has 4 N–H and O–H groups in total. The first-order chi connectivity index (χ1) is 9.58. The van der Waals surface area contributed by atoms with E-state index in [0.29, 0.717) is 5.69 Å². The molecule has 108 valence electrons. The molecule has 1 aliphatic heterocycles. The van der Waals surface area contributed by atoms with E-state index in [2.05, 4.69) is 34.6 Å². The highest BCUT2D eigenvalue weighted by Gasteiger charge is 2.17. The maximum Gasteiger partial charge on any atom is 0.111 e. The number of hydrogen-bond acceptors (Lipinski definition) is 4. The summed E-state index contributed by atoms with van der Waals surface area (Å²) in [5.74, 6) is 0. The van der Waals surface area contributed by atoms with Gasteiger partial charge in [0.1, 0.15) is 5.69 Å². The zero-order chi connectivity index (χ0) is 14.4. The van der Waals surface area contributed by atoms with Gasteiger partial charge in [-0.1, -0.05) is 0 Å². The van der Waals surface area contributed by atoms with Crippen LogP contribution in [0, 0.1) is 0 Å². The summed E-state index contributed by atoms with van der Waals surface area (Å²) in [4.78, 5) is 4.12. The van der Waals surface area contributed by atoms with Crippen LogP contribution in [-0.2, 0) is 0 Å². The number of hydrogen-bond donors (Lipinski definition) is 3. The number of nitrogens with one attached hydrogen (secondary N) is 2. The first kappa shape index (κ1) is 14.5. The van der Waals surface area contributed by atoms with Crippen LogP contribution >= 0.6 is 0 Å². The Labute approximate surface area is 119 Å². The molecule has 3 rings (SSSR count). The van der Waals surface area contributed by atoms with Crippen LogP contribution in [0.5, 0.6) is 0 Å². The Morgan fingerprint density at radius 2 is 1.90 bits per heavy atom. The quantitative estimate of drug-likeness (QED) is 0.670. The SMILES string of the molecule is C[N+]1(C)CCNCC1.Nc1cccnc1-c1ccn[nH]1. The van der Waals surface area contributed by atoms with Gasteiger partial charge in [-0.25, -0.2) is 0 Å². The molecular formula is C14H23N6+. The zero-order valence-corrected chi connectivity index (χ0v) is 12.1. The third-order valence-electron chi connectivity index (χ3n) is 3.38. The topological polar surface area (TPSA) is 79.6 Å². The number of H-pyrrole nitrogens is 1. The first-order valence-electron chi connectivity index (χ1n) is 6.81. The number of quaternary nitrogens is 1. The molecule has 1 saturated heterocycles. The number of piperazine rings is 1. The van der Waals surface area contributed by atoms with Gasteiger partial charge >= 0.3 is 0 Å². The molecular weight excluding hydrogens is 252 g/mol. The lowest BCUT2D eigenvalue weighted by Crippen LogP contribution is -2.53. The first-order valence-corrected chi connectivity index (χ1v) is 6.81. The molecule has 6 nitrogen and oxygen atoms in total. The van der Waals surface area contributed by atoms with Gasteiger partial charge in [-0.15, -0.1) is 0 Å². The van der Waals surface area contributed by atoms with Crippen LogP contribution < -0.4 is 11.1 Å². The third-order valence-corrected chi connectivity index (χ3v) is 3.38. The smallest absolute Gasteiger partial charge is 0.111 e. The highest BCUT2D eigenvalue weighted by Crippen LogP contribution is 2.19. The normalized spacial score (nSPS) is 17.1. The van der Waals surface area contributed by atoms with Gasteiger partial charge in [-0.2, -0.15) is 5.10 Å². The fraction of sp³-hybridized carbons (Fsp3) is 0.429. The average molecular weight is 275 g/mol. The maximum atomic E-state index is 5.70. The molecule has 20 heavy (non-hydrogen) atoms. The summed E-state index contributed by atoms with van der Waals surface area (Å²) in [6.07, 6.45) is 3.37. The molecule has 0 amide bonds. The third kappa shape index (κ3) is 4.04. The molecule has 1 fully saturated rings. The van der Waals surface area contributed by atoms with Crippen LogP contribution in [0.3, 0.4) is 0 Å². The lowest BCUT2D eigenvalue weighted by Gasteiger charge is -2.33. The van der Waals surface area contributed by atoms with E-state index in [1.165, 1.54) is 30.7 Å². The minimum Gasteiger partial charge on any atom is -0.397 e. The highest BCUT2D eigenvalue weighted by molar-refractivity contribution is 5.68. The maximum absolute atomic E-state index is 5.70. The summed E-state index contributed by atoms with van der Waals surface area (Å²) in [6.45, 7) is 4.93. The summed E-state index contributed by atoms with van der Waals surface area (Å²) >= 11 is 0. The molecule has 3 heterocycles. The second kappa shape index (κ2) is 6.49. The van der Waals surface area contributed by atoms with Crippen molar-refractivity contribution in [3.8, 4) is 11.4 Å². The number of likely N-dealkylation sites (N-methyl/N-ethyl adjacent to an activating group) is 1. The predicted molar refractivity (Wildman–Crippen MR) is 80.9 cm³/mol. The molecule has 0 aliphatic carbocycles. The fourth-order valence-corrected chi connectivity index (χ4v) is 2.03. The van der Waals surface area contributed by atoms with E-state index in [0.717, 1.165) is 11.4 Å². The van der Waals surface area contributed by atoms with Crippen LogP contribution in [0.1, 0.15) is 0 Å². The van der Waals surface area contributed by atoms with Gasteiger partial charge in [0.2, 0.25) is 0 Å². The summed E-state index contributed by atoms with van der Waals surface area (Å²) in [5.41, 5.74) is 7.94. The predicted octanol–water partition coefficient (Wildman–Crippen LogP) is 0.720. The van der Waals surface area contributed by atoms with Crippen molar-refractivity contribution in [1.82, 2.24) is 20.5 Å². The van der Waals surface area contributed by atoms with Crippen LogP contribution in [0.4, 0.5) is 5.69 Å². The number of rotatable bonds is 1. The summed E-state index contributed by atoms with van der Waals surface area (Å²) in [5, 5.41) is 9.95. The van der Waals surface area contributed by atoms with E-state index in [-0.39, 0.29) is 0 Å². The number of aromatic amines is 1. The largest absolute Gasteiger partial charge is 0.397 e. The van der Waals surface area contributed by atoms with Crippen LogP contribution in [0.15, 0.2) is 30.6 Å². The summed E-state index contributed by atoms with van der Waals surface area (Å²) < 4.78 is 1.19. The molecule has 0 bridgehead atoms. The number of pyridine rings is 1. The van der Waals surface area contributed by atoms with E-state index < -0.39 is 0 Å². The Morgan fingerprint density at radius 3 is 2.40 bits per heavy atom. The molecule has 0 unspecified atom stereocenters. The van der Waals surface area contributed by atoms with Crippen molar-refractivity contribution in [2.75, 3.05) is 46.0 Å². The summed E-state index contributed by atoms with van der Waals surface area (Å²) in [6, 6.07) is 5.44. The fourth-order valence-electron chi connectivity index (χ4n) is 2.03. The number of aromatic nitrogens is 3. The molecule has 0 aromatic carbocycles. The number of nitrogens with two attached hydrogens (primary N) is 1. The van der Waals surface area contributed by atoms with Gasteiger partial charge in [0.15, 0.2) is 0 Å². The molecule has 0 radical (unpaired) electrons. The Kier molecular flexibility index (Phi) is 4.70. The van der Waals surface area contributed by atoms with Crippen LogP contribution in [0.2, 0.25) is 0 Å². The lowest BCUT2D eigenvalue weighted by atomic mass is 10.2. The molecule has 6 heteroatoms. The number of anilines is 1. The van der Waals surface area contributed by atoms with Gasteiger partial charge in [-0.3, -0.25) is 10.1 Å². The van der Waals surface area contributed by atoms with Crippen LogP contribution in [-0.4, -0.2) is 59.9 Å². The van der Waals surface area contributed by atoms with Crippen molar-refractivity contribution in [1.29, 1.82) is 0 Å². The van der Waals surface area contributed by atoms with Crippen LogP contribution in [0.25, 0.3) is 11.4 Å². The van der Waals surface area contributed by atoms with Crippen molar-refractivity contribution in [3.05, 3.63) is 30.6 Å². The molecule has 2 aromatic heterocycles. The molecule has 1 aliphatic rings. The second-order valence-electron chi connectivity index (χ2n) is 5.54. The van der Waals surface area contributed by atoms with E-state index in [9.17, 15) is 0 Å². The molecule has 2 aromatic rings. The standard InChI is InChI=1S/C8H8N4.C6H15N2/c9-6-2-1-4-10-8(6)7-3-5-11-12-7;1-8(2)5-3-7-4-6-8/h1-5H,9H2,(H,11,12);7H,3-6H2,1-2H3/q;+1. The minimum atomic E-state index is 0.654. The van der Waals surface area contributed by atoms with Gasteiger partial charge in [-0.05, 0) is 18.2 Å². The number of nitrogen functional groups attached to an aromatic ring is 1.